The van der Waals surface area contributed by atoms with Gasteiger partial charge in [-0.2, -0.15) is 0 Å². The molecule has 2 heterocycles. The molecule has 1 aliphatic heterocycles. The van der Waals surface area contributed by atoms with Crippen molar-refractivity contribution in [2.45, 2.75) is 25.8 Å². The molecule has 2 aromatic rings. The van der Waals surface area contributed by atoms with Crippen LogP contribution in [0.2, 0.25) is 0 Å². The quantitative estimate of drug-likeness (QED) is 0.893. The van der Waals surface area contributed by atoms with Gasteiger partial charge in [0.15, 0.2) is 0 Å². The number of hydrogen-bond donors (Lipinski definition) is 1. The number of nitrogens with one attached hydrogen (secondary N) is 1. The van der Waals surface area contributed by atoms with Crippen molar-refractivity contribution in [3.8, 4) is 10.4 Å². The van der Waals surface area contributed by atoms with Crippen LogP contribution in [0.15, 0.2) is 41.8 Å². The van der Waals surface area contributed by atoms with Crippen molar-refractivity contribution in [3.63, 3.8) is 0 Å². The fourth-order valence-corrected chi connectivity index (χ4v) is 3.66. The molecule has 1 N–H and O–H groups in total. The van der Waals surface area contributed by atoms with E-state index in [1.807, 2.05) is 4.90 Å². The molecule has 3 nitrogen and oxygen atoms in total. The Morgan fingerprint density at radius 1 is 1.26 bits per heavy atom. The van der Waals surface area contributed by atoms with E-state index >= 15 is 0 Å². The van der Waals surface area contributed by atoms with Gasteiger partial charge in [0.1, 0.15) is 0 Å². The minimum Gasteiger partial charge on any atom is -0.340 e. The third-order valence-corrected chi connectivity index (χ3v) is 4.99. The predicted octanol–water partition coefficient (Wildman–Crippen LogP) is 3.59. The van der Waals surface area contributed by atoms with Crippen LogP contribution < -0.4 is 5.32 Å². The molecule has 23 heavy (non-hydrogen) atoms. The molecule has 1 aromatic carbocycles. The molecular formula is C18H23ClN2OS. The number of piperazine rings is 1. The summed E-state index contributed by atoms with van der Waals surface area (Å²) in [5.74, 6) is 0.246. The summed E-state index contributed by atoms with van der Waals surface area (Å²) in [5, 5.41) is 5.45. The van der Waals surface area contributed by atoms with Gasteiger partial charge in [-0.05, 0) is 35.4 Å². The van der Waals surface area contributed by atoms with Crippen LogP contribution in [0.25, 0.3) is 10.4 Å². The average molecular weight is 351 g/mol. The molecule has 5 heteroatoms. The van der Waals surface area contributed by atoms with Crippen LogP contribution in [0.4, 0.5) is 0 Å². The Balaban J connectivity index is 0.00000192. The van der Waals surface area contributed by atoms with E-state index in [-0.39, 0.29) is 24.4 Å². The molecular weight excluding hydrogens is 328 g/mol. The fourth-order valence-electron chi connectivity index (χ4n) is 2.93. The minimum absolute atomic E-state index is 0. The third-order valence-electron chi connectivity index (χ3n) is 4.08. The highest BCUT2D eigenvalue weighted by atomic mass is 35.5. The zero-order chi connectivity index (χ0) is 15.4. The summed E-state index contributed by atoms with van der Waals surface area (Å²) in [5.41, 5.74) is 2.46. The van der Waals surface area contributed by atoms with Crippen LogP contribution in [0, 0.1) is 0 Å². The molecule has 0 radical (unpaired) electrons. The largest absolute Gasteiger partial charge is 0.340 e. The van der Waals surface area contributed by atoms with Crippen LogP contribution in [-0.4, -0.2) is 36.5 Å². The standard InChI is InChI=1S/C18H22N2OS.ClH/c1-2-10-20-11-9-19-16(18(20)21)13-14-5-7-15(8-6-14)17-4-3-12-22-17;/h3-8,12,16,19H,2,9-11,13H2,1H3;1H. The maximum atomic E-state index is 12.4. The first-order valence-electron chi connectivity index (χ1n) is 7.93. The molecule has 1 aromatic heterocycles. The lowest BCUT2D eigenvalue weighted by molar-refractivity contribution is -0.135. The monoisotopic (exact) mass is 350 g/mol. The van der Waals surface area contributed by atoms with E-state index in [9.17, 15) is 4.79 Å². The summed E-state index contributed by atoms with van der Waals surface area (Å²) in [6.45, 7) is 4.71. The van der Waals surface area contributed by atoms with Gasteiger partial charge >= 0.3 is 0 Å². The Labute approximate surface area is 148 Å². The van der Waals surface area contributed by atoms with Crippen LogP contribution in [0.3, 0.4) is 0 Å². The highest BCUT2D eigenvalue weighted by Crippen LogP contribution is 2.25. The van der Waals surface area contributed by atoms with Gasteiger partial charge < -0.3 is 10.2 Å². The molecule has 0 saturated carbocycles. The Morgan fingerprint density at radius 2 is 2.04 bits per heavy atom. The minimum atomic E-state index is -0.0760. The molecule has 1 unspecified atom stereocenters. The topological polar surface area (TPSA) is 32.3 Å². The lowest BCUT2D eigenvalue weighted by atomic mass is 10.0. The number of nitrogens with zero attached hydrogens (tertiary/aromatic N) is 1. The van der Waals surface area contributed by atoms with Gasteiger partial charge in [0.2, 0.25) is 5.91 Å². The number of rotatable bonds is 5. The summed E-state index contributed by atoms with van der Waals surface area (Å²) >= 11 is 1.75. The van der Waals surface area contributed by atoms with E-state index in [0.29, 0.717) is 0 Å². The highest BCUT2D eigenvalue weighted by Gasteiger charge is 2.27. The van der Waals surface area contributed by atoms with Crippen LogP contribution in [0.5, 0.6) is 0 Å². The molecule has 1 atom stereocenters. The van der Waals surface area contributed by atoms with Gasteiger partial charge in [-0.15, -0.1) is 23.7 Å². The summed E-state index contributed by atoms with van der Waals surface area (Å²) in [7, 11) is 0. The Bertz CT molecular complexity index is 610. The molecule has 124 valence electrons. The number of amides is 1. The van der Waals surface area contributed by atoms with E-state index in [1.54, 1.807) is 11.3 Å². The summed E-state index contributed by atoms with van der Waals surface area (Å²) < 4.78 is 0. The van der Waals surface area contributed by atoms with E-state index in [1.165, 1.54) is 16.0 Å². The smallest absolute Gasteiger partial charge is 0.240 e. The maximum Gasteiger partial charge on any atom is 0.240 e. The molecule has 3 rings (SSSR count). The van der Waals surface area contributed by atoms with Crippen molar-refractivity contribution in [3.05, 3.63) is 47.3 Å². The maximum absolute atomic E-state index is 12.4. The van der Waals surface area contributed by atoms with E-state index < -0.39 is 0 Å². The zero-order valence-corrected chi connectivity index (χ0v) is 15.0. The Hall–Kier alpha value is -1.36. The van der Waals surface area contributed by atoms with Crippen LogP contribution >= 0.6 is 23.7 Å². The number of thiophene rings is 1. The number of halogens is 1. The van der Waals surface area contributed by atoms with Crippen LogP contribution in [-0.2, 0) is 11.2 Å². The van der Waals surface area contributed by atoms with Gasteiger partial charge in [0.05, 0.1) is 6.04 Å². The number of carbonyl (C=O) groups is 1. The average Bonchev–Trinajstić information content (AvgIpc) is 3.07. The van der Waals surface area contributed by atoms with Gasteiger partial charge in [-0.3, -0.25) is 4.79 Å². The zero-order valence-electron chi connectivity index (χ0n) is 13.3. The Kier molecular flexibility index (Phi) is 6.63. The molecule has 0 spiro atoms. The van der Waals surface area contributed by atoms with E-state index in [2.05, 4.69) is 54.0 Å². The van der Waals surface area contributed by atoms with Crippen molar-refractivity contribution in [2.75, 3.05) is 19.6 Å². The number of carbonyl (C=O) groups excluding carboxylic acids is 1. The molecule has 1 saturated heterocycles. The van der Waals surface area contributed by atoms with Crippen molar-refractivity contribution >= 4 is 29.7 Å². The van der Waals surface area contributed by atoms with Gasteiger partial charge in [-0.25, -0.2) is 0 Å². The van der Waals surface area contributed by atoms with Crippen molar-refractivity contribution < 1.29 is 4.79 Å². The number of hydrogen-bond acceptors (Lipinski definition) is 3. The highest BCUT2D eigenvalue weighted by molar-refractivity contribution is 7.13. The molecule has 0 aliphatic carbocycles. The van der Waals surface area contributed by atoms with E-state index in [4.69, 9.17) is 0 Å². The summed E-state index contributed by atoms with van der Waals surface area (Å²) in [6, 6.07) is 12.7. The predicted molar refractivity (Wildman–Crippen MR) is 99.4 cm³/mol. The van der Waals surface area contributed by atoms with E-state index in [0.717, 1.165) is 32.5 Å². The van der Waals surface area contributed by atoms with Crippen LogP contribution in [0.1, 0.15) is 18.9 Å². The normalized spacial score (nSPS) is 17.9. The molecule has 1 fully saturated rings. The fraction of sp³-hybridized carbons (Fsp3) is 0.389. The summed E-state index contributed by atoms with van der Waals surface area (Å²) in [6.07, 6.45) is 1.79. The first-order valence-corrected chi connectivity index (χ1v) is 8.81. The van der Waals surface area contributed by atoms with Crippen molar-refractivity contribution in [2.24, 2.45) is 0 Å². The summed E-state index contributed by atoms with van der Waals surface area (Å²) in [4.78, 5) is 15.7. The lowest BCUT2D eigenvalue weighted by Crippen LogP contribution is -2.55. The van der Waals surface area contributed by atoms with Crippen molar-refractivity contribution in [1.29, 1.82) is 0 Å². The number of benzene rings is 1. The van der Waals surface area contributed by atoms with Gasteiger partial charge in [0.25, 0.3) is 0 Å². The van der Waals surface area contributed by atoms with Gasteiger partial charge in [0, 0.05) is 24.5 Å². The second kappa shape index (κ2) is 8.48. The first-order chi connectivity index (χ1) is 10.8. The second-order valence-electron chi connectivity index (χ2n) is 5.71. The van der Waals surface area contributed by atoms with Crippen molar-refractivity contribution in [1.82, 2.24) is 10.2 Å². The molecule has 0 bridgehead atoms. The van der Waals surface area contributed by atoms with Gasteiger partial charge in [-0.1, -0.05) is 37.3 Å². The third kappa shape index (κ3) is 4.34. The lowest BCUT2D eigenvalue weighted by Gasteiger charge is -2.33. The Morgan fingerprint density at radius 3 is 2.70 bits per heavy atom. The molecule has 1 amide bonds. The first kappa shape index (κ1) is 18.0. The second-order valence-corrected chi connectivity index (χ2v) is 6.66. The molecule has 1 aliphatic rings. The SMILES string of the molecule is CCCN1CCNC(Cc2ccc(-c3cccs3)cc2)C1=O.Cl.